The van der Waals surface area contributed by atoms with E-state index in [1.165, 1.54) is 0 Å². The Labute approximate surface area is 101 Å². The smallest absolute Gasteiger partial charge is 0.193 e. The maximum atomic E-state index is 12.1. The van der Waals surface area contributed by atoms with Gasteiger partial charge >= 0.3 is 0 Å². The zero-order chi connectivity index (χ0) is 12.3. The minimum atomic E-state index is -0.00108. The average molecular weight is 226 g/mol. The third-order valence-corrected chi connectivity index (χ3v) is 2.68. The van der Waals surface area contributed by atoms with Crippen molar-refractivity contribution in [1.82, 2.24) is 0 Å². The van der Waals surface area contributed by atoms with Gasteiger partial charge in [-0.2, -0.15) is 0 Å². The van der Waals surface area contributed by atoms with E-state index in [0.717, 1.165) is 11.1 Å². The Kier molecular flexibility index (Phi) is 3.35. The van der Waals surface area contributed by atoms with E-state index < -0.39 is 0 Å². The van der Waals surface area contributed by atoms with Crippen molar-refractivity contribution in [3.63, 3.8) is 0 Å². The number of aryl methyl sites for hydroxylation is 1. The van der Waals surface area contributed by atoms with Crippen LogP contribution in [0.4, 0.5) is 0 Å². The number of benzene rings is 2. The minimum absolute atomic E-state index is 0.00108. The van der Waals surface area contributed by atoms with E-state index >= 15 is 0 Å². The standard InChI is InChI=1S/C15H14O2/c1-11-3-2-4-14(9-11)15(17)13-7-5-12(10-16)6-8-13/h2-9,16H,10H2,1H3. The lowest BCUT2D eigenvalue weighted by atomic mass is 10.0. The molecule has 0 aliphatic rings. The topological polar surface area (TPSA) is 37.3 Å². The van der Waals surface area contributed by atoms with Crippen molar-refractivity contribution >= 4 is 5.78 Å². The number of hydrogen-bond donors (Lipinski definition) is 1. The van der Waals surface area contributed by atoms with Gasteiger partial charge in [0.1, 0.15) is 0 Å². The molecule has 1 N–H and O–H groups in total. The summed E-state index contributed by atoms with van der Waals surface area (Å²) in [5.74, 6) is 0.0122. The largest absolute Gasteiger partial charge is 0.392 e. The third kappa shape index (κ3) is 2.60. The van der Waals surface area contributed by atoms with Crippen molar-refractivity contribution in [2.45, 2.75) is 13.5 Å². The summed E-state index contributed by atoms with van der Waals surface area (Å²) in [4.78, 5) is 12.1. The number of carbonyl (C=O) groups excluding carboxylic acids is 1. The third-order valence-electron chi connectivity index (χ3n) is 2.68. The van der Waals surface area contributed by atoms with Crippen LogP contribution in [0.5, 0.6) is 0 Å². The fraction of sp³-hybridized carbons (Fsp3) is 0.133. The highest BCUT2D eigenvalue weighted by molar-refractivity contribution is 6.09. The van der Waals surface area contributed by atoms with Crippen molar-refractivity contribution in [2.24, 2.45) is 0 Å². The zero-order valence-corrected chi connectivity index (χ0v) is 9.68. The van der Waals surface area contributed by atoms with Gasteiger partial charge in [-0.25, -0.2) is 0 Å². The summed E-state index contributed by atoms with van der Waals surface area (Å²) in [6.07, 6.45) is 0. The molecule has 0 aliphatic heterocycles. The maximum absolute atomic E-state index is 12.1. The molecule has 86 valence electrons. The summed E-state index contributed by atoms with van der Waals surface area (Å²) in [6, 6.07) is 14.6. The Morgan fingerprint density at radius 3 is 2.35 bits per heavy atom. The van der Waals surface area contributed by atoms with Crippen LogP contribution < -0.4 is 0 Å². The van der Waals surface area contributed by atoms with E-state index in [0.29, 0.717) is 11.1 Å². The van der Waals surface area contributed by atoms with E-state index in [9.17, 15) is 4.79 Å². The number of aliphatic hydroxyl groups excluding tert-OH is 1. The molecule has 0 fully saturated rings. The summed E-state index contributed by atoms with van der Waals surface area (Å²) in [7, 11) is 0. The molecular formula is C15H14O2. The number of hydrogen-bond acceptors (Lipinski definition) is 2. The highest BCUT2D eigenvalue weighted by Gasteiger charge is 2.08. The van der Waals surface area contributed by atoms with Crippen molar-refractivity contribution in [2.75, 3.05) is 0 Å². The van der Waals surface area contributed by atoms with E-state index in [1.54, 1.807) is 24.3 Å². The second-order valence-electron chi connectivity index (χ2n) is 4.05. The summed E-state index contributed by atoms with van der Waals surface area (Å²) < 4.78 is 0. The quantitative estimate of drug-likeness (QED) is 0.817. The highest BCUT2D eigenvalue weighted by Crippen LogP contribution is 2.12. The minimum Gasteiger partial charge on any atom is -0.392 e. The molecule has 0 amide bonds. The van der Waals surface area contributed by atoms with Gasteiger partial charge < -0.3 is 5.11 Å². The molecule has 0 unspecified atom stereocenters. The first kappa shape index (κ1) is 11.6. The van der Waals surface area contributed by atoms with Crippen molar-refractivity contribution < 1.29 is 9.90 Å². The number of carbonyl (C=O) groups is 1. The van der Waals surface area contributed by atoms with Crippen molar-refractivity contribution in [1.29, 1.82) is 0 Å². The van der Waals surface area contributed by atoms with Crippen molar-refractivity contribution in [3.8, 4) is 0 Å². The van der Waals surface area contributed by atoms with Crippen LogP contribution in [-0.2, 0) is 6.61 Å². The fourth-order valence-corrected chi connectivity index (χ4v) is 1.71. The van der Waals surface area contributed by atoms with E-state index in [-0.39, 0.29) is 12.4 Å². The number of aliphatic hydroxyl groups is 1. The van der Waals surface area contributed by atoms with Gasteiger partial charge in [-0.15, -0.1) is 0 Å². The average Bonchev–Trinajstić information content (AvgIpc) is 2.38. The lowest BCUT2D eigenvalue weighted by Crippen LogP contribution is -2.01. The van der Waals surface area contributed by atoms with Crippen LogP contribution in [0.1, 0.15) is 27.0 Å². The maximum Gasteiger partial charge on any atom is 0.193 e. The van der Waals surface area contributed by atoms with Crippen LogP contribution in [0.25, 0.3) is 0 Å². The van der Waals surface area contributed by atoms with Crippen LogP contribution in [0, 0.1) is 6.92 Å². The van der Waals surface area contributed by atoms with Gasteiger partial charge in [0.25, 0.3) is 0 Å². The van der Waals surface area contributed by atoms with Crippen LogP contribution >= 0.6 is 0 Å². The molecule has 2 aromatic carbocycles. The number of ketones is 1. The molecule has 2 aromatic rings. The lowest BCUT2D eigenvalue weighted by molar-refractivity contribution is 0.103. The molecule has 2 nitrogen and oxygen atoms in total. The summed E-state index contributed by atoms with van der Waals surface area (Å²) in [5, 5.41) is 8.94. The van der Waals surface area contributed by atoms with Crippen molar-refractivity contribution in [3.05, 3.63) is 70.8 Å². The molecular weight excluding hydrogens is 212 g/mol. The van der Waals surface area contributed by atoms with Gasteiger partial charge in [0.05, 0.1) is 6.61 Å². The predicted molar refractivity (Wildman–Crippen MR) is 67.0 cm³/mol. The second kappa shape index (κ2) is 4.93. The lowest BCUT2D eigenvalue weighted by Gasteiger charge is -2.03. The van der Waals surface area contributed by atoms with E-state index in [1.807, 2.05) is 31.2 Å². The molecule has 0 atom stereocenters. The molecule has 2 rings (SSSR count). The van der Waals surface area contributed by atoms with Gasteiger partial charge in [-0.1, -0.05) is 48.0 Å². The number of rotatable bonds is 3. The van der Waals surface area contributed by atoms with E-state index in [4.69, 9.17) is 5.11 Å². The van der Waals surface area contributed by atoms with Crippen LogP contribution in [0.15, 0.2) is 48.5 Å². The van der Waals surface area contributed by atoms with Gasteiger partial charge in [-0.05, 0) is 18.6 Å². The molecule has 0 spiro atoms. The predicted octanol–water partition coefficient (Wildman–Crippen LogP) is 2.72. The first-order chi connectivity index (χ1) is 8.20. The first-order valence-electron chi connectivity index (χ1n) is 5.52. The van der Waals surface area contributed by atoms with Gasteiger partial charge in [0.2, 0.25) is 0 Å². The Morgan fingerprint density at radius 1 is 1.06 bits per heavy atom. The molecule has 0 bridgehead atoms. The summed E-state index contributed by atoms with van der Waals surface area (Å²) >= 11 is 0. The molecule has 17 heavy (non-hydrogen) atoms. The second-order valence-corrected chi connectivity index (χ2v) is 4.05. The molecule has 0 saturated heterocycles. The Morgan fingerprint density at radius 2 is 1.76 bits per heavy atom. The van der Waals surface area contributed by atoms with Gasteiger partial charge in [0.15, 0.2) is 5.78 Å². The van der Waals surface area contributed by atoms with Crippen LogP contribution in [0.3, 0.4) is 0 Å². The highest BCUT2D eigenvalue weighted by atomic mass is 16.3. The Balaban J connectivity index is 2.30. The zero-order valence-electron chi connectivity index (χ0n) is 9.68. The molecule has 2 heteroatoms. The summed E-state index contributed by atoms with van der Waals surface area (Å²) in [5.41, 5.74) is 3.23. The van der Waals surface area contributed by atoms with Crippen LogP contribution in [-0.4, -0.2) is 10.9 Å². The molecule has 0 saturated carbocycles. The molecule has 0 aliphatic carbocycles. The molecule has 0 radical (unpaired) electrons. The fourth-order valence-electron chi connectivity index (χ4n) is 1.71. The van der Waals surface area contributed by atoms with Gasteiger partial charge in [-0.3, -0.25) is 4.79 Å². The van der Waals surface area contributed by atoms with Gasteiger partial charge in [0, 0.05) is 11.1 Å². The van der Waals surface area contributed by atoms with Crippen LogP contribution in [0.2, 0.25) is 0 Å². The Bertz CT molecular complexity index is 527. The normalized spacial score (nSPS) is 10.2. The molecule has 0 aromatic heterocycles. The van der Waals surface area contributed by atoms with E-state index in [2.05, 4.69) is 0 Å². The summed E-state index contributed by atoms with van der Waals surface area (Å²) in [6.45, 7) is 1.96. The SMILES string of the molecule is Cc1cccc(C(=O)c2ccc(CO)cc2)c1. The first-order valence-corrected chi connectivity index (χ1v) is 5.52. The monoisotopic (exact) mass is 226 g/mol. The molecule has 0 heterocycles. The Hall–Kier alpha value is -1.93.